The van der Waals surface area contributed by atoms with Gasteiger partial charge in [-0.3, -0.25) is 0 Å². The van der Waals surface area contributed by atoms with Gasteiger partial charge in [-0.1, -0.05) is 26.7 Å². The maximum Gasteiger partial charge on any atom is 0.0611 e. The van der Waals surface area contributed by atoms with E-state index in [0.717, 1.165) is 11.8 Å². The molecular weight excluding hydrogens is 136 g/mol. The molecule has 0 amide bonds. The summed E-state index contributed by atoms with van der Waals surface area (Å²) in [6, 6.07) is 0. The minimum atomic E-state index is 0.634. The van der Waals surface area contributed by atoms with Crippen molar-refractivity contribution in [2.75, 3.05) is 0 Å². The molecule has 0 radical (unpaired) electrons. The minimum Gasteiger partial charge on any atom is -0.374 e. The summed E-state index contributed by atoms with van der Waals surface area (Å²) < 4.78 is 5.88. The van der Waals surface area contributed by atoms with Crippen LogP contribution in [-0.2, 0) is 4.74 Å². The fraction of sp³-hybridized carbons (Fsp3) is 1.00. The van der Waals surface area contributed by atoms with Gasteiger partial charge in [0.05, 0.1) is 12.2 Å². The van der Waals surface area contributed by atoms with Gasteiger partial charge < -0.3 is 4.74 Å². The maximum absolute atomic E-state index is 5.88. The Hall–Kier alpha value is -0.0400. The zero-order valence-electron chi connectivity index (χ0n) is 7.55. The van der Waals surface area contributed by atoms with Gasteiger partial charge in [0.15, 0.2) is 0 Å². The number of rotatable bonds is 2. The van der Waals surface area contributed by atoms with Crippen LogP contribution in [0.25, 0.3) is 0 Å². The number of hydrogen-bond donors (Lipinski definition) is 0. The van der Waals surface area contributed by atoms with Crippen molar-refractivity contribution < 1.29 is 4.74 Å². The van der Waals surface area contributed by atoms with Crippen molar-refractivity contribution in [3.63, 3.8) is 0 Å². The molecule has 4 atom stereocenters. The summed E-state index contributed by atoms with van der Waals surface area (Å²) >= 11 is 0. The molecule has 2 rings (SSSR count). The van der Waals surface area contributed by atoms with E-state index in [2.05, 4.69) is 13.8 Å². The summed E-state index contributed by atoms with van der Waals surface area (Å²) in [5.74, 6) is 1.78. The van der Waals surface area contributed by atoms with Crippen LogP contribution in [0.5, 0.6) is 0 Å². The molecule has 4 unspecified atom stereocenters. The Kier molecular flexibility index (Phi) is 1.92. The second-order valence-electron chi connectivity index (χ2n) is 3.93. The molecule has 1 heteroatoms. The molecule has 64 valence electrons. The van der Waals surface area contributed by atoms with Crippen LogP contribution in [0.4, 0.5) is 0 Å². The van der Waals surface area contributed by atoms with Crippen LogP contribution in [0, 0.1) is 11.8 Å². The van der Waals surface area contributed by atoms with Gasteiger partial charge >= 0.3 is 0 Å². The zero-order valence-corrected chi connectivity index (χ0v) is 7.55. The molecule has 1 nitrogen and oxygen atoms in total. The highest BCUT2D eigenvalue weighted by Gasteiger charge is 2.46. The Morgan fingerprint density at radius 3 is 1.82 bits per heavy atom. The predicted octanol–water partition coefficient (Wildman–Crippen LogP) is 2.60. The van der Waals surface area contributed by atoms with Gasteiger partial charge in [-0.05, 0) is 24.7 Å². The van der Waals surface area contributed by atoms with Gasteiger partial charge in [0.1, 0.15) is 0 Å². The maximum atomic E-state index is 5.88. The minimum absolute atomic E-state index is 0.634. The molecule has 0 saturated carbocycles. The Morgan fingerprint density at radius 2 is 1.45 bits per heavy atom. The van der Waals surface area contributed by atoms with Gasteiger partial charge in [0.2, 0.25) is 0 Å². The summed E-state index contributed by atoms with van der Waals surface area (Å²) in [6.07, 6.45) is 6.57. The smallest absolute Gasteiger partial charge is 0.0611 e. The highest BCUT2D eigenvalue weighted by molar-refractivity contribution is 4.94. The molecule has 11 heavy (non-hydrogen) atoms. The van der Waals surface area contributed by atoms with E-state index in [0.29, 0.717) is 12.2 Å². The van der Waals surface area contributed by atoms with Crippen LogP contribution in [0.15, 0.2) is 0 Å². The second-order valence-corrected chi connectivity index (χ2v) is 3.93. The molecular formula is C10H18O. The summed E-state index contributed by atoms with van der Waals surface area (Å²) in [6.45, 7) is 4.61. The lowest BCUT2D eigenvalue weighted by atomic mass is 9.77. The fourth-order valence-electron chi connectivity index (χ4n) is 3.00. The van der Waals surface area contributed by atoms with Crippen LogP contribution in [0.2, 0.25) is 0 Å². The molecule has 0 aliphatic carbocycles. The molecule has 0 N–H and O–H groups in total. The first-order valence-corrected chi connectivity index (χ1v) is 5.02. The van der Waals surface area contributed by atoms with Crippen molar-refractivity contribution in [1.82, 2.24) is 0 Å². The third kappa shape index (κ3) is 1.01. The average molecular weight is 154 g/mol. The van der Waals surface area contributed by atoms with E-state index in [9.17, 15) is 0 Å². The number of hydrogen-bond acceptors (Lipinski definition) is 1. The van der Waals surface area contributed by atoms with Gasteiger partial charge in [0.25, 0.3) is 0 Å². The Balaban J connectivity index is 2.08. The molecule has 2 bridgehead atoms. The lowest BCUT2D eigenvalue weighted by molar-refractivity contribution is 0.0865. The highest BCUT2D eigenvalue weighted by Crippen LogP contribution is 2.46. The van der Waals surface area contributed by atoms with Gasteiger partial charge in [-0.15, -0.1) is 0 Å². The van der Waals surface area contributed by atoms with Crippen LogP contribution >= 0.6 is 0 Å². The third-order valence-corrected chi connectivity index (χ3v) is 3.53. The molecule has 2 saturated heterocycles. The van der Waals surface area contributed by atoms with Crippen LogP contribution in [0.3, 0.4) is 0 Å². The monoisotopic (exact) mass is 154 g/mol. The molecule has 2 fully saturated rings. The molecule has 0 aromatic heterocycles. The van der Waals surface area contributed by atoms with Crippen molar-refractivity contribution in [3.8, 4) is 0 Å². The quantitative estimate of drug-likeness (QED) is 0.594. The van der Waals surface area contributed by atoms with Crippen LogP contribution in [-0.4, -0.2) is 12.2 Å². The normalized spacial score (nSPS) is 48.5. The van der Waals surface area contributed by atoms with Gasteiger partial charge in [-0.2, -0.15) is 0 Å². The average Bonchev–Trinajstić information content (AvgIpc) is 2.60. The molecule has 0 spiro atoms. The summed E-state index contributed by atoms with van der Waals surface area (Å²) in [5.41, 5.74) is 0. The van der Waals surface area contributed by atoms with E-state index >= 15 is 0 Å². The summed E-state index contributed by atoms with van der Waals surface area (Å²) in [4.78, 5) is 0. The van der Waals surface area contributed by atoms with E-state index in [1.54, 1.807) is 0 Å². The van der Waals surface area contributed by atoms with E-state index in [1.165, 1.54) is 25.7 Å². The molecule has 2 aliphatic heterocycles. The van der Waals surface area contributed by atoms with Gasteiger partial charge in [0, 0.05) is 0 Å². The second kappa shape index (κ2) is 2.78. The summed E-state index contributed by atoms with van der Waals surface area (Å²) in [7, 11) is 0. The largest absolute Gasteiger partial charge is 0.374 e. The predicted molar refractivity (Wildman–Crippen MR) is 45.5 cm³/mol. The molecule has 2 aliphatic rings. The lowest BCUT2D eigenvalue weighted by Gasteiger charge is -2.25. The molecule has 0 aromatic carbocycles. The first-order chi connectivity index (χ1) is 5.36. The van der Waals surface area contributed by atoms with Crippen LogP contribution < -0.4 is 0 Å². The van der Waals surface area contributed by atoms with Crippen molar-refractivity contribution >= 4 is 0 Å². The highest BCUT2D eigenvalue weighted by atomic mass is 16.5. The fourth-order valence-corrected chi connectivity index (χ4v) is 3.00. The van der Waals surface area contributed by atoms with Crippen LogP contribution in [0.1, 0.15) is 39.5 Å². The van der Waals surface area contributed by atoms with Crippen molar-refractivity contribution in [1.29, 1.82) is 0 Å². The standard InChI is InChI=1S/C10H18O/c1-3-7-8(4-2)10-6-5-9(7)11-10/h7-10H,3-6H2,1-2H3. The third-order valence-electron chi connectivity index (χ3n) is 3.53. The van der Waals surface area contributed by atoms with Crippen molar-refractivity contribution in [2.45, 2.75) is 51.7 Å². The SMILES string of the molecule is CCC1C2CCC(O2)C1CC. The lowest BCUT2D eigenvalue weighted by Crippen LogP contribution is -2.25. The first-order valence-electron chi connectivity index (χ1n) is 5.02. The van der Waals surface area contributed by atoms with Crippen molar-refractivity contribution in [2.24, 2.45) is 11.8 Å². The van der Waals surface area contributed by atoms with Crippen molar-refractivity contribution in [3.05, 3.63) is 0 Å². The van der Waals surface area contributed by atoms with E-state index < -0.39 is 0 Å². The Bertz CT molecular complexity index is 128. The topological polar surface area (TPSA) is 9.23 Å². The van der Waals surface area contributed by atoms with Gasteiger partial charge in [-0.25, -0.2) is 0 Å². The Morgan fingerprint density at radius 1 is 1.00 bits per heavy atom. The molecule has 2 heterocycles. The molecule has 0 aromatic rings. The van der Waals surface area contributed by atoms with E-state index in [1.807, 2.05) is 0 Å². The Labute approximate surface area is 69.1 Å². The summed E-state index contributed by atoms with van der Waals surface area (Å²) in [5, 5.41) is 0. The van der Waals surface area contributed by atoms with E-state index in [4.69, 9.17) is 4.74 Å². The number of fused-ring (bicyclic) bond motifs is 2. The van der Waals surface area contributed by atoms with E-state index in [-0.39, 0.29) is 0 Å². The zero-order chi connectivity index (χ0) is 7.84. The number of ether oxygens (including phenoxy) is 1. The first kappa shape index (κ1) is 7.60.